The molecule has 1 amide bonds. The van der Waals surface area contributed by atoms with E-state index < -0.39 is 5.97 Å². The third-order valence-electron chi connectivity index (χ3n) is 4.88. The zero-order chi connectivity index (χ0) is 19.0. The molecule has 0 saturated carbocycles. The molecule has 2 aromatic carbocycles. The van der Waals surface area contributed by atoms with Gasteiger partial charge in [0.2, 0.25) is 0 Å². The number of fused-ring (bicyclic) bond motifs is 2. The second kappa shape index (κ2) is 8.31. The van der Waals surface area contributed by atoms with E-state index >= 15 is 0 Å². The predicted octanol–water partition coefficient (Wildman–Crippen LogP) is 4.35. The van der Waals surface area contributed by atoms with Crippen molar-refractivity contribution in [3.63, 3.8) is 0 Å². The molecule has 0 fully saturated rings. The highest BCUT2D eigenvalue weighted by molar-refractivity contribution is 7.17. The first-order valence-electron chi connectivity index (χ1n) is 8.78. The Morgan fingerprint density at radius 2 is 1.89 bits per heavy atom. The molecule has 3 aromatic rings. The maximum Gasteiger partial charge on any atom is 0.341 e. The molecule has 1 aliphatic heterocycles. The van der Waals surface area contributed by atoms with Crippen molar-refractivity contribution in [1.82, 2.24) is 4.90 Å². The van der Waals surface area contributed by atoms with E-state index in [4.69, 9.17) is 4.74 Å². The van der Waals surface area contributed by atoms with Crippen LogP contribution in [0, 0.1) is 0 Å². The smallest absolute Gasteiger partial charge is 0.341 e. The SMILES string of the molecule is COC(=O)c1c(NC(=O)c2ccc3ccccc3c2)sc2c1CCN(C)C2.Cl. The van der Waals surface area contributed by atoms with Gasteiger partial charge in [0.15, 0.2) is 0 Å². The Hall–Kier alpha value is -2.41. The van der Waals surface area contributed by atoms with E-state index in [1.54, 1.807) is 6.07 Å². The standard InChI is InChI=1S/C21H20N2O3S.ClH/c1-23-10-9-16-17(12-23)27-20(18(16)21(25)26-2)22-19(24)15-8-7-13-5-3-4-6-14(13)11-15;/h3-8,11H,9-10,12H2,1-2H3,(H,22,24);1H. The van der Waals surface area contributed by atoms with Gasteiger partial charge in [0.25, 0.3) is 5.91 Å². The van der Waals surface area contributed by atoms with Crippen molar-refractivity contribution in [2.75, 3.05) is 26.0 Å². The van der Waals surface area contributed by atoms with Gasteiger partial charge < -0.3 is 15.0 Å². The van der Waals surface area contributed by atoms with Crippen molar-refractivity contribution in [2.24, 2.45) is 0 Å². The normalized spacial score (nSPS) is 13.5. The average molecular weight is 417 g/mol. The maximum atomic E-state index is 12.8. The molecule has 1 N–H and O–H groups in total. The summed E-state index contributed by atoms with van der Waals surface area (Å²) < 4.78 is 4.98. The Balaban J connectivity index is 0.00000225. The Morgan fingerprint density at radius 3 is 2.64 bits per heavy atom. The fraction of sp³-hybridized carbons (Fsp3) is 0.238. The topological polar surface area (TPSA) is 58.6 Å². The minimum Gasteiger partial charge on any atom is -0.465 e. The molecular formula is C21H21ClN2O3S. The highest BCUT2D eigenvalue weighted by Gasteiger charge is 2.28. The number of methoxy groups -OCH3 is 1. The number of nitrogens with zero attached hydrogens (tertiary/aromatic N) is 1. The summed E-state index contributed by atoms with van der Waals surface area (Å²) in [5.41, 5.74) is 2.06. The highest BCUT2D eigenvalue weighted by atomic mass is 35.5. The zero-order valence-corrected chi connectivity index (χ0v) is 17.3. The summed E-state index contributed by atoms with van der Waals surface area (Å²) in [5, 5.41) is 5.60. The summed E-state index contributed by atoms with van der Waals surface area (Å²) in [4.78, 5) is 28.5. The molecule has 0 radical (unpaired) electrons. The molecule has 0 spiro atoms. The minimum atomic E-state index is -0.397. The van der Waals surface area contributed by atoms with Gasteiger partial charge in [-0.1, -0.05) is 30.3 Å². The van der Waals surface area contributed by atoms with Crippen LogP contribution in [0.1, 0.15) is 31.2 Å². The fourth-order valence-corrected chi connectivity index (χ4v) is 4.75. The molecule has 1 aromatic heterocycles. The molecular weight excluding hydrogens is 396 g/mol. The number of likely N-dealkylation sites (N-methyl/N-ethyl adjacent to an activating group) is 1. The van der Waals surface area contributed by atoms with Crippen LogP contribution < -0.4 is 5.32 Å². The van der Waals surface area contributed by atoms with Gasteiger partial charge in [-0.15, -0.1) is 23.7 Å². The summed E-state index contributed by atoms with van der Waals surface area (Å²) in [5.74, 6) is -0.622. The lowest BCUT2D eigenvalue weighted by molar-refractivity contribution is 0.0600. The summed E-state index contributed by atoms with van der Waals surface area (Å²) in [6.45, 7) is 1.65. The summed E-state index contributed by atoms with van der Waals surface area (Å²) in [6.07, 6.45) is 0.776. The third kappa shape index (κ3) is 3.76. The molecule has 7 heteroatoms. The number of rotatable bonds is 3. The lowest BCUT2D eigenvalue weighted by atomic mass is 10.0. The molecule has 2 heterocycles. The molecule has 4 rings (SSSR count). The number of amides is 1. The zero-order valence-electron chi connectivity index (χ0n) is 15.7. The lowest BCUT2D eigenvalue weighted by Crippen LogP contribution is -2.26. The number of ether oxygens (including phenoxy) is 1. The molecule has 0 unspecified atom stereocenters. The Morgan fingerprint density at radius 1 is 1.14 bits per heavy atom. The lowest BCUT2D eigenvalue weighted by Gasteiger charge is -2.22. The van der Waals surface area contributed by atoms with Gasteiger partial charge in [0.1, 0.15) is 5.00 Å². The first-order valence-corrected chi connectivity index (χ1v) is 9.60. The quantitative estimate of drug-likeness (QED) is 0.645. The summed E-state index contributed by atoms with van der Waals surface area (Å²) in [7, 11) is 3.42. The first kappa shape index (κ1) is 20.3. The second-order valence-corrected chi connectivity index (χ2v) is 7.81. The van der Waals surface area contributed by atoms with E-state index in [0.29, 0.717) is 16.1 Å². The largest absolute Gasteiger partial charge is 0.465 e. The van der Waals surface area contributed by atoms with Crippen LogP contribution in [0.5, 0.6) is 0 Å². The maximum absolute atomic E-state index is 12.8. The summed E-state index contributed by atoms with van der Waals surface area (Å²) in [6, 6.07) is 13.5. The van der Waals surface area contributed by atoms with Gasteiger partial charge in [-0.25, -0.2) is 4.79 Å². The molecule has 0 aliphatic carbocycles. The summed E-state index contributed by atoms with van der Waals surface area (Å²) >= 11 is 1.46. The number of benzene rings is 2. The van der Waals surface area contributed by atoms with Gasteiger partial charge in [-0.05, 0) is 41.9 Å². The van der Waals surface area contributed by atoms with E-state index in [1.165, 1.54) is 18.4 Å². The van der Waals surface area contributed by atoms with Crippen molar-refractivity contribution < 1.29 is 14.3 Å². The average Bonchev–Trinajstić information content (AvgIpc) is 3.03. The number of esters is 1. The number of carbonyl (C=O) groups excluding carboxylic acids is 2. The van der Waals surface area contributed by atoms with Crippen molar-refractivity contribution >= 4 is 51.4 Å². The van der Waals surface area contributed by atoms with E-state index in [0.717, 1.165) is 40.7 Å². The number of hydrogen-bond donors (Lipinski definition) is 1. The molecule has 1 aliphatic rings. The van der Waals surface area contributed by atoms with Crippen LogP contribution in [-0.2, 0) is 17.7 Å². The number of halogens is 1. The molecule has 5 nitrogen and oxygen atoms in total. The van der Waals surface area contributed by atoms with Gasteiger partial charge in [0, 0.05) is 23.5 Å². The highest BCUT2D eigenvalue weighted by Crippen LogP contribution is 2.37. The van der Waals surface area contributed by atoms with Gasteiger partial charge in [-0.3, -0.25) is 4.79 Å². The van der Waals surface area contributed by atoms with Crippen LogP contribution in [0.4, 0.5) is 5.00 Å². The van der Waals surface area contributed by atoms with Crippen molar-refractivity contribution in [3.8, 4) is 0 Å². The van der Waals surface area contributed by atoms with Crippen molar-refractivity contribution in [2.45, 2.75) is 13.0 Å². The fourth-order valence-electron chi connectivity index (χ4n) is 3.44. The van der Waals surface area contributed by atoms with Crippen LogP contribution in [0.15, 0.2) is 42.5 Å². The van der Waals surface area contributed by atoms with Crippen LogP contribution >= 0.6 is 23.7 Å². The Labute approximate surface area is 173 Å². The van der Waals surface area contributed by atoms with Crippen LogP contribution in [0.2, 0.25) is 0 Å². The number of anilines is 1. The van der Waals surface area contributed by atoms with E-state index in [1.807, 2.05) is 43.4 Å². The predicted molar refractivity (Wildman–Crippen MR) is 115 cm³/mol. The molecule has 0 bridgehead atoms. The van der Waals surface area contributed by atoms with E-state index in [-0.39, 0.29) is 18.3 Å². The van der Waals surface area contributed by atoms with Crippen LogP contribution in [-0.4, -0.2) is 37.5 Å². The van der Waals surface area contributed by atoms with Crippen molar-refractivity contribution in [3.05, 3.63) is 64.0 Å². The molecule has 0 atom stereocenters. The van der Waals surface area contributed by atoms with Gasteiger partial charge >= 0.3 is 5.97 Å². The van der Waals surface area contributed by atoms with Crippen molar-refractivity contribution in [1.29, 1.82) is 0 Å². The Kier molecular flexibility index (Phi) is 6.03. The number of thiophene rings is 1. The molecule has 28 heavy (non-hydrogen) atoms. The van der Waals surface area contributed by atoms with E-state index in [2.05, 4.69) is 10.2 Å². The third-order valence-corrected chi connectivity index (χ3v) is 6.01. The minimum absolute atomic E-state index is 0. The Bertz CT molecular complexity index is 1050. The first-order chi connectivity index (χ1) is 13.1. The second-order valence-electron chi connectivity index (χ2n) is 6.70. The van der Waals surface area contributed by atoms with Crippen LogP contribution in [0.3, 0.4) is 0 Å². The number of nitrogens with one attached hydrogen (secondary N) is 1. The molecule has 0 saturated heterocycles. The monoisotopic (exact) mass is 416 g/mol. The number of carbonyl (C=O) groups is 2. The van der Waals surface area contributed by atoms with Crippen LogP contribution in [0.25, 0.3) is 10.8 Å². The van der Waals surface area contributed by atoms with Gasteiger partial charge in [0.05, 0.1) is 12.7 Å². The number of hydrogen-bond acceptors (Lipinski definition) is 5. The van der Waals surface area contributed by atoms with Gasteiger partial charge in [-0.2, -0.15) is 0 Å². The molecule has 146 valence electrons. The van der Waals surface area contributed by atoms with E-state index in [9.17, 15) is 9.59 Å².